The zero-order chi connectivity index (χ0) is 13.2. The quantitative estimate of drug-likeness (QED) is 0.625. The van der Waals surface area contributed by atoms with Crippen molar-refractivity contribution in [2.24, 2.45) is 0 Å². The van der Waals surface area contributed by atoms with Crippen LogP contribution in [0.2, 0.25) is 0 Å². The van der Waals surface area contributed by atoms with Gasteiger partial charge in [-0.05, 0) is 23.8 Å². The van der Waals surface area contributed by atoms with Crippen LogP contribution in [0.15, 0.2) is 48.8 Å². The fourth-order valence-corrected chi connectivity index (χ4v) is 2.09. The first-order valence-corrected chi connectivity index (χ1v) is 6.03. The molecule has 0 amide bonds. The van der Waals surface area contributed by atoms with E-state index in [4.69, 9.17) is 4.74 Å². The second kappa shape index (κ2) is 4.82. The van der Waals surface area contributed by atoms with Gasteiger partial charge in [-0.15, -0.1) is 0 Å². The Morgan fingerprint density at radius 1 is 1.16 bits per heavy atom. The van der Waals surface area contributed by atoms with E-state index in [1.807, 2.05) is 30.5 Å². The summed E-state index contributed by atoms with van der Waals surface area (Å²) in [4.78, 5) is 15.4. The summed E-state index contributed by atoms with van der Waals surface area (Å²) in [6, 6.07) is 11.2. The third-order valence-electron chi connectivity index (χ3n) is 3.16. The van der Waals surface area contributed by atoms with Crippen molar-refractivity contribution in [2.75, 3.05) is 7.11 Å². The van der Waals surface area contributed by atoms with Crippen molar-refractivity contribution in [1.82, 2.24) is 4.98 Å². The number of benzene rings is 1. The Labute approximate surface area is 111 Å². The summed E-state index contributed by atoms with van der Waals surface area (Å²) in [5.74, 6) is -0.327. The monoisotopic (exact) mass is 255 g/mol. The van der Waals surface area contributed by atoms with Crippen molar-refractivity contribution in [3.8, 4) is 0 Å². The van der Waals surface area contributed by atoms with E-state index >= 15 is 0 Å². The van der Waals surface area contributed by atoms with Crippen LogP contribution < -0.4 is 0 Å². The van der Waals surface area contributed by atoms with E-state index in [1.165, 1.54) is 7.11 Å². The molecule has 0 N–H and O–H groups in total. The predicted octanol–water partition coefficient (Wildman–Crippen LogP) is 2.68. The number of esters is 1. The van der Waals surface area contributed by atoms with Crippen molar-refractivity contribution in [1.29, 1.82) is 0 Å². The van der Waals surface area contributed by atoms with Crippen LogP contribution in [0.5, 0.6) is 0 Å². The van der Waals surface area contributed by atoms with E-state index in [2.05, 4.69) is 9.72 Å². The van der Waals surface area contributed by atoms with Gasteiger partial charge < -0.3 is 9.47 Å². The maximum Gasteiger partial charge on any atom is 0.337 e. The van der Waals surface area contributed by atoms with E-state index in [9.17, 15) is 4.79 Å². The number of rotatable bonds is 3. The zero-order valence-corrected chi connectivity index (χ0v) is 10.4. The molecule has 0 unspecified atom stereocenters. The van der Waals surface area contributed by atoms with E-state index in [0.717, 1.165) is 11.1 Å². The molecule has 4 heteroatoms. The number of pyridine rings is 1. The number of ether oxygens (including phenoxy) is 2. The first kappa shape index (κ1) is 11.9. The number of carbonyl (C=O) groups is 1. The maximum atomic E-state index is 11.3. The molecule has 0 saturated carbocycles. The predicted molar refractivity (Wildman–Crippen MR) is 68.6 cm³/mol. The van der Waals surface area contributed by atoms with Gasteiger partial charge in [0, 0.05) is 18.0 Å². The summed E-state index contributed by atoms with van der Waals surface area (Å²) in [5.41, 5.74) is 2.68. The SMILES string of the molecule is COC(=O)c1ccc([C@H]2O[C@@H]2c2cccnc2)cc1. The average molecular weight is 255 g/mol. The van der Waals surface area contributed by atoms with Gasteiger partial charge in [-0.2, -0.15) is 0 Å². The lowest BCUT2D eigenvalue weighted by Gasteiger charge is -2.00. The van der Waals surface area contributed by atoms with Gasteiger partial charge in [0.15, 0.2) is 0 Å². The molecule has 1 saturated heterocycles. The first-order valence-electron chi connectivity index (χ1n) is 6.03. The molecule has 1 aliphatic heterocycles. The van der Waals surface area contributed by atoms with E-state index < -0.39 is 0 Å². The molecule has 0 bridgehead atoms. The molecule has 1 aromatic heterocycles. The van der Waals surface area contributed by atoms with E-state index in [-0.39, 0.29) is 18.2 Å². The lowest BCUT2D eigenvalue weighted by Crippen LogP contribution is -2.00. The number of aromatic nitrogens is 1. The van der Waals surface area contributed by atoms with Crippen LogP contribution in [0.1, 0.15) is 33.7 Å². The molecule has 1 aliphatic rings. The minimum Gasteiger partial charge on any atom is -0.465 e. The molecule has 1 fully saturated rings. The summed E-state index contributed by atoms with van der Waals surface area (Å²) >= 11 is 0. The number of methoxy groups -OCH3 is 1. The maximum absolute atomic E-state index is 11.3. The van der Waals surface area contributed by atoms with Gasteiger partial charge >= 0.3 is 5.97 Å². The van der Waals surface area contributed by atoms with Crippen molar-refractivity contribution >= 4 is 5.97 Å². The molecule has 96 valence electrons. The van der Waals surface area contributed by atoms with Gasteiger partial charge in [-0.3, -0.25) is 4.98 Å². The Hall–Kier alpha value is -2.20. The lowest BCUT2D eigenvalue weighted by atomic mass is 10.0. The fourth-order valence-electron chi connectivity index (χ4n) is 2.09. The van der Waals surface area contributed by atoms with Crippen LogP contribution in [0.4, 0.5) is 0 Å². The summed E-state index contributed by atoms with van der Waals surface area (Å²) in [7, 11) is 1.37. The average Bonchev–Trinajstić information content (AvgIpc) is 3.28. The summed E-state index contributed by atoms with van der Waals surface area (Å²) in [6.45, 7) is 0. The number of carbonyl (C=O) groups excluding carboxylic acids is 1. The van der Waals surface area contributed by atoms with Crippen LogP contribution >= 0.6 is 0 Å². The second-order valence-electron chi connectivity index (χ2n) is 4.38. The standard InChI is InChI=1S/C15H13NO3/c1-18-15(17)11-6-4-10(5-7-11)13-14(19-13)12-3-2-8-16-9-12/h2-9,13-14H,1H3/t13-,14-/m1/s1. The highest BCUT2D eigenvalue weighted by Gasteiger charge is 2.41. The fraction of sp³-hybridized carbons (Fsp3) is 0.200. The minimum absolute atomic E-state index is 0.0518. The van der Waals surface area contributed by atoms with Crippen molar-refractivity contribution in [2.45, 2.75) is 12.2 Å². The molecule has 1 aromatic carbocycles. The van der Waals surface area contributed by atoms with Gasteiger partial charge in [0.1, 0.15) is 12.2 Å². The highest BCUT2D eigenvalue weighted by atomic mass is 16.6. The lowest BCUT2D eigenvalue weighted by molar-refractivity contribution is 0.0600. The van der Waals surface area contributed by atoms with Gasteiger partial charge in [-0.25, -0.2) is 4.79 Å². The van der Waals surface area contributed by atoms with Crippen molar-refractivity contribution < 1.29 is 14.3 Å². The molecule has 2 heterocycles. The summed E-state index contributed by atoms with van der Waals surface area (Å²) in [6.07, 6.45) is 3.67. The Morgan fingerprint density at radius 2 is 1.89 bits per heavy atom. The molecule has 4 nitrogen and oxygen atoms in total. The molecule has 19 heavy (non-hydrogen) atoms. The third kappa shape index (κ3) is 2.35. The number of hydrogen-bond acceptors (Lipinski definition) is 4. The zero-order valence-electron chi connectivity index (χ0n) is 10.4. The number of nitrogens with zero attached hydrogens (tertiary/aromatic N) is 1. The number of epoxide rings is 1. The summed E-state index contributed by atoms with van der Waals surface area (Å²) < 4.78 is 10.3. The van der Waals surface area contributed by atoms with Crippen LogP contribution in [-0.4, -0.2) is 18.1 Å². The highest BCUT2D eigenvalue weighted by Crippen LogP contribution is 2.50. The number of hydrogen-bond donors (Lipinski definition) is 0. The molecule has 2 atom stereocenters. The Kier molecular flexibility index (Phi) is 3.01. The van der Waals surface area contributed by atoms with Gasteiger partial charge in [0.2, 0.25) is 0 Å². The second-order valence-corrected chi connectivity index (χ2v) is 4.38. The molecule has 2 aromatic rings. The topological polar surface area (TPSA) is 51.7 Å². The van der Waals surface area contributed by atoms with Crippen LogP contribution in [0.3, 0.4) is 0 Å². The Balaban J connectivity index is 1.74. The van der Waals surface area contributed by atoms with Crippen LogP contribution in [0, 0.1) is 0 Å². The largest absolute Gasteiger partial charge is 0.465 e. The van der Waals surface area contributed by atoms with Crippen molar-refractivity contribution in [3.63, 3.8) is 0 Å². The third-order valence-corrected chi connectivity index (χ3v) is 3.16. The van der Waals surface area contributed by atoms with Crippen molar-refractivity contribution in [3.05, 3.63) is 65.5 Å². The van der Waals surface area contributed by atoms with Gasteiger partial charge in [0.05, 0.1) is 12.7 Å². The molecular formula is C15H13NO3. The highest BCUT2D eigenvalue weighted by molar-refractivity contribution is 5.89. The van der Waals surface area contributed by atoms with Crippen LogP contribution in [0.25, 0.3) is 0 Å². The normalized spacial score (nSPS) is 20.9. The molecule has 0 radical (unpaired) electrons. The first-order chi connectivity index (χ1) is 9.29. The molecular weight excluding hydrogens is 242 g/mol. The summed E-state index contributed by atoms with van der Waals surface area (Å²) in [5, 5.41) is 0. The minimum atomic E-state index is -0.327. The van der Waals surface area contributed by atoms with Gasteiger partial charge in [-0.1, -0.05) is 18.2 Å². The van der Waals surface area contributed by atoms with Crippen LogP contribution in [-0.2, 0) is 9.47 Å². The smallest absolute Gasteiger partial charge is 0.337 e. The van der Waals surface area contributed by atoms with Gasteiger partial charge in [0.25, 0.3) is 0 Å². The molecule has 3 rings (SSSR count). The van der Waals surface area contributed by atoms with E-state index in [0.29, 0.717) is 5.56 Å². The molecule has 0 spiro atoms. The Bertz CT molecular complexity index is 580. The molecule has 0 aliphatic carbocycles. The van der Waals surface area contributed by atoms with E-state index in [1.54, 1.807) is 18.3 Å². The Morgan fingerprint density at radius 3 is 2.53 bits per heavy atom.